The molecule has 0 aliphatic carbocycles. The zero-order chi connectivity index (χ0) is 12.5. The summed E-state index contributed by atoms with van der Waals surface area (Å²) in [5.41, 5.74) is 0. The summed E-state index contributed by atoms with van der Waals surface area (Å²) in [6.07, 6.45) is 4.12. The minimum atomic E-state index is 0.0365. The van der Waals surface area contributed by atoms with Gasteiger partial charge in [-0.15, -0.1) is 0 Å². The van der Waals surface area contributed by atoms with Gasteiger partial charge in [0.15, 0.2) is 0 Å². The number of nitrogens with one attached hydrogen (secondary N) is 2. The molecule has 0 bridgehead atoms. The summed E-state index contributed by atoms with van der Waals surface area (Å²) in [5.74, 6) is 0.999. The van der Waals surface area contributed by atoms with Crippen molar-refractivity contribution in [2.24, 2.45) is 7.05 Å². The number of aromatic nitrogens is 2. The third-order valence-corrected chi connectivity index (χ3v) is 2.36. The molecule has 96 valence electrons. The third-order valence-electron chi connectivity index (χ3n) is 2.36. The highest BCUT2D eigenvalue weighted by Gasteiger charge is 2.01. The number of ether oxygens (including phenoxy) is 1. The first kappa shape index (κ1) is 13.7. The lowest BCUT2D eigenvalue weighted by Gasteiger charge is -2.06. The Bertz CT molecular complexity index is 338. The summed E-state index contributed by atoms with van der Waals surface area (Å²) in [6, 6.07) is 0. The van der Waals surface area contributed by atoms with Gasteiger partial charge in [0.2, 0.25) is 5.91 Å². The summed E-state index contributed by atoms with van der Waals surface area (Å²) in [5, 5.41) is 5.94. The van der Waals surface area contributed by atoms with E-state index in [1.54, 1.807) is 13.3 Å². The van der Waals surface area contributed by atoms with Crippen LogP contribution < -0.4 is 10.6 Å². The highest BCUT2D eigenvalue weighted by Crippen LogP contribution is 1.92. The first-order chi connectivity index (χ1) is 8.24. The van der Waals surface area contributed by atoms with Crippen LogP contribution in [-0.2, 0) is 23.1 Å². The molecule has 0 aliphatic heterocycles. The SMILES string of the molecule is COCCNC(=O)CCNCc1nccn1C. The fourth-order valence-corrected chi connectivity index (χ4v) is 1.35. The zero-order valence-electron chi connectivity index (χ0n) is 10.4. The zero-order valence-corrected chi connectivity index (χ0v) is 10.4. The van der Waals surface area contributed by atoms with Gasteiger partial charge in [0.25, 0.3) is 0 Å². The molecule has 1 heterocycles. The average molecular weight is 240 g/mol. The lowest BCUT2D eigenvalue weighted by molar-refractivity contribution is -0.121. The maximum atomic E-state index is 11.3. The van der Waals surface area contributed by atoms with Gasteiger partial charge in [-0.05, 0) is 0 Å². The number of hydrogen-bond donors (Lipinski definition) is 2. The molecule has 0 saturated heterocycles. The molecule has 1 aromatic rings. The van der Waals surface area contributed by atoms with Gasteiger partial charge in [-0.1, -0.05) is 0 Å². The van der Waals surface area contributed by atoms with E-state index in [9.17, 15) is 4.79 Å². The van der Waals surface area contributed by atoms with Crippen LogP contribution in [-0.4, -0.2) is 42.3 Å². The van der Waals surface area contributed by atoms with Crippen molar-refractivity contribution in [3.05, 3.63) is 18.2 Å². The molecule has 0 aromatic carbocycles. The Labute approximate surface area is 101 Å². The normalized spacial score (nSPS) is 10.5. The highest BCUT2D eigenvalue weighted by atomic mass is 16.5. The predicted octanol–water partition coefficient (Wildman–Crippen LogP) is -0.338. The van der Waals surface area contributed by atoms with E-state index in [0.717, 1.165) is 5.82 Å². The number of imidazole rings is 1. The molecule has 1 amide bonds. The molecular weight excluding hydrogens is 220 g/mol. The van der Waals surface area contributed by atoms with Crippen LogP contribution in [0, 0.1) is 0 Å². The summed E-state index contributed by atoms with van der Waals surface area (Å²) in [6.45, 7) is 2.43. The van der Waals surface area contributed by atoms with Gasteiger partial charge in [0.1, 0.15) is 5.82 Å². The van der Waals surface area contributed by atoms with E-state index in [2.05, 4.69) is 15.6 Å². The van der Waals surface area contributed by atoms with Crippen molar-refractivity contribution in [2.45, 2.75) is 13.0 Å². The summed E-state index contributed by atoms with van der Waals surface area (Å²) < 4.78 is 6.79. The Kier molecular flexibility index (Phi) is 6.27. The maximum Gasteiger partial charge on any atom is 0.221 e. The molecule has 6 heteroatoms. The van der Waals surface area contributed by atoms with Crippen LogP contribution in [0.4, 0.5) is 0 Å². The van der Waals surface area contributed by atoms with Gasteiger partial charge < -0.3 is 19.9 Å². The third kappa shape index (κ3) is 5.46. The fraction of sp³-hybridized carbons (Fsp3) is 0.636. The average Bonchev–Trinajstić information content (AvgIpc) is 2.71. The quantitative estimate of drug-likeness (QED) is 0.610. The van der Waals surface area contributed by atoms with Crippen molar-refractivity contribution < 1.29 is 9.53 Å². The van der Waals surface area contributed by atoms with Crippen molar-refractivity contribution in [1.82, 2.24) is 20.2 Å². The highest BCUT2D eigenvalue weighted by molar-refractivity contribution is 5.75. The lowest BCUT2D eigenvalue weighted by Crippen LogP contribution is -2.30. The van der Waals surface area contributed by atoms with Crippen LogP contribution in [0.3, 0.4) is 0 Å². The number of carbonyl (C=O) groups excluding carboxylic acids is 1. The molecule has 0 saturated carbocycles. The monoisotopic (exact) mass is 240 g/mol. The molecule has 2 N–H and O–H groups in total. The Morgan fingerprint density at radius 1 is 1.53 bits per heavy atom. The second-order valence-corrected chi connectivity index (χ2v) is 3.72. The van der Waals surface area contributed by atoms with E-state index in [0.29, 0.717) is 32.7 Å². The Morgan fingerprint density at radius 3 is 3.00 bits per heavy atom. The largest absolute Gasteiger partial charge is 0.383 e. The second kappa shape index (κ2) is 7.81. The Hall–Kier alpha value is -1.40. The van der Waals surface area contributed by atoms with Gasteiger partial charge >= 0.3 is 0 Å². The minimum Gasteiger partial charge on any atom is -0.383 e. The fourth-order valence-electron chi connectivity index (χ4n) is 1.35. The van der Waals surface area contributed by atoms with Gasteiger partial charge in [0.05, 0.1) is 13.2 Å². The molecule has 17 heavy (non-hydrogen) atoms. The number of hydrogen-bond acceptors (Lipinski definition) is 4. The standard InChI is InChI=1S/C11H20N4O2/c1-15-7-5-13-10(15)9-12-4-3-11(16)14-6-8-17-2/h5,7,12H,3-4,6,8-9H2,1-2H3,(H,14,16). The molecular formula is C11H20N4O2. The van der Waals surface area contributed by atoms with Crippen LogP contribution in [0.25, 0.3) is 0 Å². The number of nitrogens with zero attached hydrogens (tertiary/aromatic N) is 2. The number of rotatable bonds is 8. The van der Waals surface area contributed by atoms with Crippen molar-refractivity contribution in [3.63, 3.8) is 0 Å². The number of amides is 1. The van der Waals surface area contributed by atoms with Gasteiger partial charge in [-0.2, -0.15) is 0 Å². The number of methoxy groups -OCH3 is 1. The van der Waals surface area contributed by atoms with Crippen molar-refractivity contribution in [2.75, 3.05) is 26.8 Å². The maximum absolute atomic E-state index is 11.3. The predicted molar refractivity (Wildman–Crippen MR) is 64.4 cm³/mol. The first-order valence-electron chi connectivity index (χ1n) is 5.66. The van der Waals surface area contributed by atoms with Crippen LogP contribution in [0.15, 0.2) is 12.4 Å². The molecule has 0 atom stereocenters. The van der Waals surface area contributed by atoms with E-state index in [1.807, 2.05) is 17.8 Å². The van der Waals surface area contributed by atoms with Crippen LogP contribution in [0.2, 0.25) is 0 Å². The van der Waals surface area contributed by atoms with Crippen molar-refractivity contribution in [1.29, 1.82) is 0 Å². The van der Waals surface area contributed by atoms with Crippen molar-refractivity contribution in [3.8, 4) is 0 Å². The van der Waals surface area contributed by atoms with Crippen LogP contribution in [0.5, 0.6) is 0 Å². The molecule has 0 spiro atoms. The smallest absolute Gasteiger partial charge is 0.221 e. The van der Waals surface area contributed by atoms with Crippen molar-refractivity contribution >= 4 is 5.91 Å². The summed E-state index contributed by atoms with van der Waals surface area (Å²) in [7, 11) is 3.56. The number of carbonyl (C=O) groups is 1. The minimum absolute atomic E-state index is 0.0365. The lowest BCUT2D eigenvalue weighted by atomic mass is 10.4. The van der Waals surface area contributed by atoms with Gasteiger partial charge in [-0.25, -0.2) is 4.98 Å². The van der Waals surface area contributed by atoms with Crippen LogP contribution >= 0.6 is 0 Å². The molecule has 0 aliphatic rings. The molecule has 0 radical (unpaired) electrons. The van der Waals surface area contributed by atoms with E-state index < -0.39 is 0 Å². The van der Waals surface area contributed by atoms with E-state index in [-0.39, 0.29) is 5.91 Å². The summed E-state index contributed by atoms with van der Waals surface area (Å²) >= 11 is 0. The van der Waals surface area contributed by atoms with E-state index in [4.69, 9.17) is 4.74 Å². The molecule has 0 unspecified atom stereocenters. The van der Waals surface area contributed by atoms with Crippen LogP contribution in [0.1, 0.15) is 12.2 Å². The topological polar surface area (TPSA) is 68.2 Å². The Morgan fingerprint density at radius 2 is 2.35 bits per heavy atom. The molecule has 0 fully saturated rings. The van der Waals surface area contributed by atoms with Gasteiger partial charge in [-0.3, -0.25) is 4.79 Å². The summed E-state index contributed by atoms with van der Waals surface area (Å²) in [4.78, 5) is 15.5. The Balaban J connectivity index is 2.04. The molecule has 1 rings (SSSR count). The van der Waals surface area contributed by atoms with E-state index >= 15 is 0 Å². The number of aryl methyl sites for hydroxylation is 1. The van der Waals surface area contributed by atoms with E-state index in [1.165, 1.54) is 0 Å². The first-order valence-corrected chi connectivity index (χ1v) is 5.66. The second-order valence-electron chi connectivity index (χ2n) is 3.72. The van der Waals surface area contributed by atoms with Gasteiger partial charge in [0, 0.05) is 46.1 Å². The molecule has 1 aromatic heterocycles. The molecule has 6 nitrogen and oxygen atoms in total.